The molecule has 1 aromatic rings. The Kier molecular flexibility index (Phi) is 6.43. The largest absolute Gasteiger partial charge is 0.317 e. The van der Waals surface area contributed by atoms with Crippen LogP contribution in [0.3, 0.4) is 0 Å². The Morgan fingerprint density at radius 3 is 3.07 bits per heavy atom. The van der Waals surface area contributed by atoms with Gasteiger partial charge in [0.05, 0.1) is 0 Å². The first-order valence-electron chi connectivity index (χ1n) is 5.12. The van der Waals surface area contributed by atoms with Gasteiger partial charge >= 0.3 is 0 Å². The average molecular weight is 214 g/mol. The fraction of sp³-hybridized carbons (Fsp3) is 0.778. The Morgan fingerprint density at radius 1 is 1.43 bits per heavy atom. The number of unbranched alkanes of at least 4 members (excludes halogenated alkanes) is 1. The van der Waals surface area contributed by atoms with Crippen LogP contribution in [0.5, 0.6) is 0 Å². The van der Waals surface area contributed by atoms with Gasteiger partial charge in [-0.2, -0.15) is 5.10 Å². The van der Waals surface area contributed by atoms with Crippen LogP contribution < -0.4 is 5.32 Å². The average Bonchev–Trinajstić information content (AvgIpc) is 2.69. The second kappa shape index (κ2) is 7.82. The molecule has 0 aliphatic rings. The van der Waals surface area contributed by atoms with Gasteiger partial charge in [-0.25, -0.2) is 4.98 Å². The van der Waals surface area contributed by atoms with Gasteiger partial charge in [0.2, 0.25) is 0 Å². The highest BCUT2D eigenvalue weighted by Crippen LogP contribution is 2.12. The quantitative estimate of drug-likeness (QED) is 0.510. The first-order chi connectivity index (χ1) is 6.93. The van der Waals surface area contributed by atoms with Crippen molar-refractivity contribution in [3.63, 3.8) is 0 Å². The first-order valence-corrected chi connectivity index (χ1v) is 6.11. The molecule has 0 spiro atoms. The van der Waals surface area contributed by atoms with Gasteiger partial charge in [0.1, 0.15) is 6.33 Å². The fourth-order valence-electron chi connectivity index (χ4n) is 1.09. The van der Waals surface area contributed by atoms with Crippen molar-refractivity contribution in [3.05, 3.63) is 6.33 Å². The normalized spacial score (nSPS) is 10.6. The third-order valence-corrected chi connectivity index (χ3v) is 2.77. The Bertz CT molecular complexity index is 213. The summed E-state index contributed by atoms with van der Waals surface area (Å²) in [6.45, 7) is 4.45. The van der Waals surface area contributed by atoms with Crippen LogP contribution in [-0.2, 0) is 0 Å². The van der Waals surface area contributed by atoms with Crippen LogP contribution in [0.15, 0.2) is 11.5 Å². The van der Waals surface area contributed by atoms with Gasteiger partial charge in [0.15, 0.2) is 5.16 Å². The number of hydrogen-bond acceptors (Lipinski definition) is 4. The van der Waals surface area contributed by atoms with E-state index in [9.17, 15) is 0 Å². The van der Waals surface area contributed by atoms with E-state index in [1.54, 1.807) is 18.1 Å². The van der Waals surface area contributed by atoms with Gasteiger partial charge in [-0.3, -0.25) is 5.10 Å². The van der Waals surface area contributed by atoms with Crippen molar-refractivity contribution < 1.29 is 0 Å². The summed E-state index contributed by atoms with van der Waals surface area (Å²) in [6, 6.07) is 0. The maximum atomic E-state index is 4.04. The zero-order valence-electron chi connectivity index (χ0n) is 8.62. The minimum absolute atomic E-state index is 0.923. The van der Waals surface area contributed by atoms with E-state index in [0.717, 1.165) is 24.0 Å². The number of nitrogens with one attached hydrogen (secondary N) is 2. The van der Waals surface area contributed by atoms with Crippen LogP contribution >= 0.6 is 11.8 Å². The van der Waals surface area contributed by atoms with Crippen molar-refractivity contribution in [2.45, 2.75) is 31.3 Å². The fourth-order valence-corrected chi connectivity index (χ4v) is 1.87. The van der Waals surface area contributed by atoms with Crippen molar-refractivity contribution in [3.8, 4) is 0 Å². The maximum Gasteiger partial charge on any atom is 0.183 e. The molecule has 0 bridgehead atoms. The maximum absolute atomic E-state index is 4.04. The van der Waals surface area contributed by atoms with Crippen molar-refractivity contribution in [2.24, 2.45) is 0 Å². The lowest BCUT2D eigenvalue weighted by atomic mass is 10.3. The third-order valence-electron chi connectivity index (χ3n) is 1.81. The van der Waals surface area contributed by atoms with Gasteiger partial charge in [0, 0.05) is 5.75 Å². The van der Waals surface area contributed by atoms with E-state index in [1.807, 2.05) is 0 Å². The number of rotatable bonds is 8. The molecule has 80 valence electrons. The molecule has 2 N–H and O–H groups in total. The highest BCUT2D eigenvalue weighted by molar-refractivity contribution is 7.99. The third kappa shape index (κ3) is 5.24. The minimum atomic E-state index is 0.923. The summed E-state index contributed by atoms with van der Waals surface area (Å²) in [7, 11) is 0. The molecule has 0 aliphatic carbocycles. The molecule has 0 unspecified atom stereocenters. The summed E-state index contributed by atoms with van der Waals surface area (Å²) in [5.74, 6) is 1.11. The Balaban J connectivity index is 1.85. The molecule has 14 heavy (non-hydrogen) atoms. The van der Waals surface area contributed by atoms with Crippen molar-refractivity contribution in [2.75, 3.05) is 18.8 Å². The van der Waals surface area contributed by atoms with E-state index < -0.39 is 0 Å². The number of H-pyrrole nitrogens is 1. The van der Waals surface area contributed by atoms with Crippen LogP contribution in [0.1, 0.15) is 26.2 Å². The molecular formula is C9H18N4S. The van der Waals surface area contributed by atoms with Crippen molar-refractivity contribution in [1.82, 2.24) is 20.5 Å². The molecule has 0 fully saturated rings. The molecule has 5 heteroatoms. The molecule has 0 atom stereocenters. The SMILES string of the molecule is CCCNCCCCSc1ncn[nH]1. The number of hydrogen-bond donors (Lipinski definition) is 2. The van der Waals surface area contributed by atoms with Gasteiger partial charge in [-0.05, 0) is 32.4 Å². The molecule has 0 saturated heterocycles. The molecule has 1 heterocycles. The van der Waals surface area contributed by atoms with Gasteiger partial charge in [-0.15, -0.1) is 0 Å². The van der Waals surface area contributed by atoms with Crippen LogP contribution in [-0.4, -0.2) is 34.0 Å². The number of aromatic amines is 1. The topological polar surface area (TPSA) is 53.6 Å². The zero-order chi connectivity index (χ0) is 10.1. The molecule has 0 saturated carbocycles. The summed E-state index contributed by atoms with van der Waals surface area (Å²) in [5, 5.41) is 10.9. The lowest BCUT2D eigenvalue weighted by molar-refractivity contribution is 0.635. The molecule has 0 amide bonds. The van der Waals surface area contributed by atoms with E-state index in [2.05, 4.69) is 27.4 Å². The molecule has 4 nitrogen and oxygen atoms in total. The van der Waals surface area contributed by atoms with Gasteiger partial charge < -0.3 is 5.32 Å². The van der Waals surface area contributed by atoms with E-state index in [1.165, 1.54) is 19.3 Å². The smallest absolute Gasteiger partial charge is 0.183 e. The van der Waals surface area contributed by atoms with Crippen molar-refractivity contribution in [1.29, 1.82) is 0 Å². The molecule has 0 aliphatic heterocycles. The molecule has 0 radical (unpaired) electrons. The van der Waals surface area contributed by atoms with Crippen LogP contribution in [0.25, 0.3) is 0 Å². The van der Waals surface area contributed by atoms with E-state index in [4.69, 9.17) is 0 Å². The van der Waals surface area contributed by atoms with Gasteiger partial charge in [0.25, 0.3) is 0 Å². The molecule has 1 aromatic heterocycles. The standard InChI is InChI=1S/C9H18N4S/c1-2-5-10-6-3-4-7-14-9-11-8-12-13-9/h8,10H,2-7H2,1H3,(H,11,12,13). The molecular weight excluding hydrogens is 196 g/mol. The molecule has 0 aromatic carbocycles. The van der Waals surface area contributed by atoms with Crippen LogP contribution in [0.2, 0.25) is 0 Å². The Morgan fingerprint density at radius 2 is 2.36 bits per heavy atom. The van der Waals surface area contributed by atoms with Crippen LogP contribution in [0.4, 0.5) is 0 Å². The predicted octanol–water partition coefficient (Wildman–Crippen LogP) is 1.68. The highest BCUT2D eigenvalue weighted by atomic mass is 32.2. The Hall–Kier alpha value is -0.550. The summed E-state index contributed by atoms with van der Waals surface area (Å²) in [5.41, 5.74) is 0. The van der Waals surface area contributed by atoms with E-state index in [0.29, 0.717) is 0 Å². The monoisotopic (exact) mass is 214 g/mol. The number of thioether (sulfide) groups is 1. The van der Waals surface area contributed by atoms with Gasteiger partial charge in [-0.1, -0.05) is 18.7 Å². The first kappa shape index (κ1) is 11.5. The zero-order valence-corrected chi connectivity index (χ0v) is 9.44. The summed E-state index contributed by atoms with van der Waals surface area (Å²) >= 11 is 1.73. The predicted molar refractivity (Wildman–Crippen MR) is 59.5 cm³/mol. The minimum Gasteiger partial charge on any atom is -0.317 e. The number of nitrogens with zero attached hydrogens (tertiary/aromatic N) is 2. The van der Waals surface area contributed by atoms with Crippen molar-refractivity contribution >= 4 is 11.8 Å². The highest BCUT2D eigenvalue weighted by Gasteiger charge is 1.95. The lowest BCUT2D eigenvalue weighted by Gasteiger charge is -2.01. The van der Waals surface area contributed by atoms with E-state index >= 15 is 0 Å². The number of aromatic nitrogens is 3. The summed E-state index contributed by atoms with van der Waals surface area (Å²) in [6.07, 6.45) is 5.22. The second-order valence-corrected chi connectivity index (χ2v) is 4.18. The Labute approximate surface area is 89.3 Å². The summed E-state index contributed by atoms with van der Waals surface area (Å²) in [4.78, 5) is 4.04. The van der Waals surface area contributed by atoms with Crippen LogP contribution in [0, 0.1) is 0 Å². The lowest BCUT2D eigenvalue weighted by Crippen LogP contribution is -2.15. The summed E-state index contributed by atoms with van der Waals surface area (Å²) < 4.78 is 0. The molecule has 1 rings (SSSR count). The second-order valence-electron chi connectivity index (χ2n) is 3.10. The van der Waals surface area contributed by atoms with E-state index in [-0.39, 0.29) is 0 Å².